The fraction of sp³-hybridized carbons (Fsp3) is 0.188. The monoisotopic (exact) mass is 394 g/mol. The highest BCUT2D eigenvalue weighted by Crippen LogP contribution is 2.28. The van der Waals surface area contributed by atoms with Crippen LogP contribution in [0.25, 0.3) is 0 Å². The van der Waals surface area contributed by atoms with Gasteiger partial charge in [-0.15, -0.1) is 0 Å². The zero-order chi connectivity index (χ0) is 17.9. The molecular weight excluding hydrogens is 380 g/mol. The molecule has 0 spiro atoms. The van der Waals surface area contributed by atoms with Crippen LogP contribution < -0.4 is 4.74 Å². The molecule has 126 valence electrons. The molecule has 8 heteroatoms. The molecule has 0 aliphatic rings. The van der Waals surface area contributed by atoms with Gasteiger partial charge >= 0.3 is 5.69 Å². The molecule has 1 amide bonds. The number of hydrogen-bond donors (Lipinski definition) is 1. The Labute approximate surface area is 146 Å². The Hall–Kier alpha value is -2.61. The summed E-state index contributed by atoms with van der Waals surface area (Å²) in [5.74, 6) is -0.272. The quantitative estimate of drug-likeness (QED) is 0.619. The lowest BCUT2D eigenvalue weighted by atomic mass is 10.1. The van der Waals surface area contributed by atoms with Gasteiger partial charge in [0.25, 0.3) is 5.91 Å². The van der Waals surface area contributed by atoms with Crippen LogP contribution in [0.15, 0.2) is 40.9 Å². The summed E-state index contributed by atoms with van der Waals surface area (Å²) in [7, 11) is 3.14. The van der Waals surface area contributed by atoms with Crippen molar-refractivity contribution in [2.75, 3.05) is 14.2 Å². The van der Waals surface area contributed by atoms with Gasteiger partial charge in [0.1, 0.15) is 5.75 Å². The highest BCUT2D eigenvalue weighted by molar-refractivity contribution is 9.10. The first kappa shape index (κ1) is 17.7. The van der Waals surface area contributed by atoms with Crippen LogP contribution in [0, 0.1) is 10.1 Å². The first-order valence-electron chi connectivity index (χ1n) is 6.88. The Balaban J connectivity index is 2.23. The number of nitro benzene ring substituents is 1. The maximum absolute atomic E-state index is 12.5. The predicted octanol–water partition coefficient (Wildman–Crippen LogP) is 3.34. The molecule has 2 rings (SSSR count). The van der Waals surface area contributed by atoms with Crippen molar-refractivity contribution in [2.45, 2.75) is 6.54 Å². The van der Waals surface area contributed by atoms with Crippen molar-refractivity contribution in [3.05, 3.63) is 62.1 Å². The third kappa shape index (κ3) is 3.83. The molecule has 1 N–H and O–H groups in total. The molecule has 0 aliphatic carbocycles. The van der Waals surface area contributed by atoms with Gasteiger partial charge in [0.15, 0.2) is 5.75 Å². The fourth-order valence-electron chi connectivity index (χ4n) is 2.23. The van der Waals surface area contributed by atoms with Gasteiger partial charge in [0.05, 0.1) is 12.0 Å². The topological polar surface area (TPSA) is 92.9 Å². The summed E-state index contributed by atoms with van der Waals surface area (Å²) in [6, 6.07) is 8.98. The summed E-state index contributed by atoms with van der Waals surface area (Å²) in [4.78, 5) is 23.9. The normalized spacial score (nSPS) is 10.3. The van der Waals surface area contributed by atoms with E-state index in [9.17, 15) is 20.0 Å². The summed E-state index contributed by atoms with van der Waals surface area (Å²) in [5, 5.41) is 20.4. The molecule has 0 heterocycles. The van der Waals surface area contributed by atoms with Crippen LogP contribution >= 0.6 is 15.9 Å². The van der Waals surface area contributed by atoms with E-state index in [1.54, 1.807) is 20.2 Å². The number of phenols is 1. The highest BCUT2D eigenvalue weighted by Gasteiger charge is 2.19. The minimum Gasteiger partial charge on any atom is -0.502 e. The predicted molar refractivity (Wildman–Crippen MR) is 91.3 cm³/mol. The first-order chi connectivity index (χ1) is 11.3. The van der Waals surface area contributed by atoms with E-state index in [-0.39, 0.29) is 18.0 Å². The second kappa shape index (κ2) is 7.31. The Bertz CT molecular complexity index is 794. The lowest BCUT2D eigenvalue weighted by Gasteiger charge is -2.19. The average molecular weight is 395 g/mol. The minimum atomic E-state index is -0.709. The molecule has 0 aliphatic heterocycles. The molecule has 0 saturated heterocycles. The molecule has 0 bridgehead atoms. The van der Waals surface area contributed by atoms with Crippen LogP contribution in [-0.4, -0.2) is 35.0 Å². The number of phenolic OH excluding ortho intramolecular Hbond substituents is 1. The highest BCUT2D eigenvalue weighted by atomic mass is 79.9. The minimum absolute atomic E-state index is 0.162. The first-order valence-corrected chi connectivity index (χ1v) is 7.68. The van der Waals surface area contributed by atoms with Crippen LogP contribution in [0.2, 0.25) is 0 Å². The largest absolute Gasteiger partial charge is 0.502 e. The van der Waals surface area contributed by atoms with Crippen LogP contribution in [0.5, 0.6) is 11.5 Å². The van der Waals surface area contributed by atoms with Gasteiger partial charge < -0.3 is 14.7 Å². The Morgan fingerprint density at radius 1 is 1.33 bits per heavy atom. The van der Waals surface area contributed by atoms with Crippen molar-refractivity contribution >= 4 is 27.5 Å². The van der Waals surface area contributed by atoms with E-state index < -0.39 is 16.4 Å². The zero-order valence-electron chi connectivity index (χ0n) is 13.0. The van der Waals surface area contributed by atoms with Crippen LogP contribution in [0.4, 0.5) is 5.69 Å². The van der Waals surface area contributed by atoms with E-state index in [0.29, 0.717) is 5.75 Å². The number of carbonyl (C=O) groups is 1. The summed E-state index contributed by atoms with van der Waals surface area (Å²) in [5.41, 5.74) is 0.520. The average Bonchev–Trinajstić information content (AvgIpc) is 2.53. The number of ether oxygens (including phenoxy) is 1. The molecule has 7 nitrogen and oxygen atoms in total. The number of rotatable bonds is 5. The number of hydrogen-bond acceptors (Lipinski definition) is 5. The van der Waals surface area contributed by atoms with Crippen molar-refractivity contribution in [2.24, 2.45) is 0 Å². The molecule has 0 aromatic heterocycles. The number of carbonyl (C=O) groups excluding carboxylic acids is 1. The molecule has 2 aromatic rings. The standard InChI is InChI=1S/C16H15BrN2O5/c1-18(9-11-7-12(17)4-6-15(11)24-2)16(21)10-3-5-13(19(22)23)14(20)8-10/h3-8,20H,9H2,1-2H3. The number of nitro groups is 1. The molecule has 0 radical (unpaired) electrons. The van der Waals surface area contributed by atoms with Crippen LogP contribution in [0.1, 0.15) is 15.9 Å². The van der Waals surface area contributed by atoms with Crippen molar-refractivity contribution in [3.8, 4) is 11.5 Å². The fourth-order valence-corrected chi connectivity index (χ4v) is 2.64. The van der Waals surface area contributed by atoms with E-state index in [1.807, 2.05) is 12.1 Å². The zero-order valence-corrected chi connectivity index (χ0v) is 14.6. The summed E-state index contributed by atoms with van der Waals surface area (Å²) >= 11 is 3.37. The van der Waals surface area contributed by atoms with Gasteiger partial charge in [-0.3, -0.25) is 14.9 Å². The molecule has 0 fully saturated rings. The van der Waals surface area contributed by atoms with Crippen LogP contribution in [-0.2, 0) is 6.54 Å². The number of halogens is 1. The molecule has 0 saturated carbocycles. The number of benzene rings is 2. The maximum Gasteiger partial charge on any atom is 0.310 e. The Morgan fingerprint density at radius 2 is 2.04 bits per heavy atom. The van der Waals surface area contributed by atoms with Gasteiger partial charge in [-0.25, -0.2) is 0 Å². The van der Waals surface area contributed by atoms with E-state index >= 15 is 0 Å². The van der Waals surface area contributed by atoms with E-state index in [1.165, 1.54) is 11.0 Å². The maximum atomic E-state index is 12.5. The lowest BCUT2D eigenvalue weighted by molar-refractivity contribution is -0.385. The van der Waals surface area contributed by atoms with Crippen molar-refractivity contribution in [1.29, 1.82) is 0 Å². The second-order valence-corrected chi connectivity index (χ2v) is 5.99. The van der Waals surface area contributed by atoms with Crippen molar-refractivity contribution in [1.82, 2.24) is 4.90 Å². The Kier molecular flexibility index (Phi) is 5.40. The third-order valence-electron chi connectivity index (χ3n) is 3.42. The molecular formula is C16H15BrN2O5. The Morgan fingerprint density at radius 3 is 2.62 bits per heavy atom. The summed E-state index contributed by atoms with van der Waals surface area (Å²) < 4.78 is 6.13. The number of methoxy groups -OCH3 is 1. The van der Waals surface area contributed by atoms with Crippen molar-refractivity contribution < 1.29 is 19.6 Å². The van der Waals surface area contributed by atoms with Gasteiger partial charge in [-0.2, -0.15) is 0 Å². The second-order valence-electron chi connectivity index (χ2n) is 5.08. The van der Waals surface area contributed by atoms with Gasteiger partial charge in [0, 0.05) is 35.3 Å². The number of aromatic hydroxyl groups is 1. The molecule has 2 aromatic carbocycles. The number of nitrogens with zero attached hydrogens (tertiary/aromatic N) is 2. The summed E-state index contributed by atoms with van der Waals surface area (Å²) in [6.07, 6.45) is 0. The van der Waals surface area contributed by atoms with E-state index in [2.05, 4.69) is 15.9 Å². The molecule has 0 atom stereocenters. The van der Waals surface area contributed by atoms with Gasteiger partial charge in [-0.05, 0) is 30.3 Å². The number of amides is 1. The van der Waals surface area contributed by atoms with E-state index in [0.717, 1.165) is 22.2 Å². The lowest BCUT2D eigenvalue weighted by Crippen LogP contribution is -2.26. The van der Waals surface area contributed by atoms with Gasteiger partial charge in [0.2, 0.25) is 0 Å². The van der Waals surface area contributed by atoms with Gasteiger partial charge in [-0.1, -0.05) is 15.9 Å². The van der Waals surface area contributed by atoms with Crippen molar-refractivity contribution in [3.63, 3.8) is 0 Å². The van der Waals surface area contributed by atoms with Crippen LogP contribution in [0.3, 0.4) is 0 Å². The SMILES string of the molecule is COc1ccc(Br)cc1CN(C)C(=O)c1ccc([N+](=O)[O-])c(O)c1. The van der Waals surface area contributed by atoms with E-state index in [4.69, 9.17) is 4.74 Å². The molecule has 0 unspecified atom stereocenters. The molecule has 24 heavy (non-hydrogen) atoms. The smallest absolute Gasteiger partial charge is 0.310 e. The summed E-state index contributed by atoms with van der Waals surface area (Å²) in [6.45, 7) is 0.277. The third-order valence-corrected chi connectivity index (χ3v) is 3.91.